The van der Waals surface area contributed by atoms with Crippen molar-refractivity contribution in [3.05, 3.63) is 24.8 Å². The summed E-state index contributed by atoms with van der Waals surface area (Å²) in [4.78, 5) is 19.8. The second-order valence-corrected chi connectivity index (χ2v) is 3.05. The molecule has 0 saturated heterocycles. The lowest BCUT2D eigenvalue weighted by molar-refractivity contribution is -0.139. The van der Waals surface area contributed by atoms with Gasteiger partial charge in [0, 0.05) is 12.8 Å². The van der Waals surface area contributed by atoms with Crippen LogP contribution in [0.2, 0.25) is 0 Å². The highest BCUT2D eigenvalue weighted by atomic mass is 16.4. The Morgan fingerprint density at radius 3 is 1.53 bits per heavy atom. The normalized spacial score (nSPS) is 8.33. The zero-order valence-electron chi connectivity index (χ0n) is 9.03. The van der Waals surface area contributed by atoms with Gasteiger partial charge in [-0.3, -0.25) is 9.59 Å². The van der Waals surface area contributed by atoms with Crippen molar-refractivity contribution in [2.45, 2.75) is 32.6 Å². The highest BCUT2D eigenvalue weighted by Gasteiger charge is 1.99. The lowest BCUT2D eigenvalue weighted by Gasteiger charge is -1.92. The van der Waals surface area contributed by atoms with E-state index in [0.29, 0.717) is 12.8 Å². The third kappa shape index (κ3) is 24.5. The van der Waals surface area contributed by atoms with Crippen LogP contribution in [0.15, 0.2) is 24.8 Å². The fraction of sp³-hybridized carbons (Fsp3) is 0.455. The molecule has 0 aliphatic rings. The molecule has 0 unspecified atom stereocenters. The molecule has 0 amide bonds. The van der Waals surface area contributed by atoms with E-state index in [1.54, 1.807) is 6.08 Å². The second-order valence-electron chi connectivity index (χ2n) is 3.05. The first-order valence-electron chi connectivity index (χ1n) is 4.61. The van der Waals surface area contributed by atoms with Crippen molar-refractivity contribution in [3.8, 4) is 0 Å². The van der Waals surface area contributed by atoms with E-state index in [-0.39, 0.29) is 12.8 Å². The molecule has 0 radical (unpaired) electrons. The van der Waals surface area contributed by atoms with Gasteiger partial charge in [-0.2, -0.15) is 0 Å². The van der Waals surface area contributed by atoms with E-state index in [2.05, 4.69) is 13.2 Å². The van der Waals surface area contributed by atoms with E-state index in [1.165, 1.54) is 0 Å². The van der Waals surface area contributed by atoms with E-state index >= 15 is 0 Å². The molecule has 0 atom stereocenters. The minimum absolute atomic E-state index is 0.0628. The Morgan fingerprint density at radius 2 is 1.40 bits per heavy atom. The molecular formula is C11H18O4. The average Bonchev–Trinajstić information content (AvgIpc) is 2.13. The average molecular weight is 214 g/mol. The van der Waals surface area contributed by atoms with Crippen LogP contribution >= 0.6 is 0 Å². The molecule has 0 saturated carbocycles. The maximum absolute atomic E-state index is 9.90. The SMILES string of the molecule is C=CC(=C)C.O=C(O)CCCCC(=O)O. The minimum atomic E-state index is -0.870. The van der Waals surface area contributed by atoms with Crippen LogP contribution in [0.3, 0.4) is 0 Å². The number of hydrogen-bond donors (Lipinski definition) is 2. The van der Waals surface area contributed by atoms with Crippen molar-refractivity contribution in [1.82, 2.24) is 0 Å². The number of carbonyl (C=O) groups is 2. The quantitative estimate of drug-likeness (QED) is 0.526. The molecule has 0 rings (SSSR count). The summed E-state index contributed by atoms with van der Waals surface area (Å²) in [5.74, 6) is -1.74. The van der Waals surface area contributed by atoms with Crippen molar-refractivity contribution in [2.75, 3.05) is 0 Å². The summed E-state index contributed by atoms with van der Waals surface area (Å²) in [7, 11) is 0. The van der Waals surface area contributed by atoms with Crippen molar-refractivity contribution in [2.24, 2.45) is 0 Å². The van der Waals surface area contributed by atoms with Gasteiger partial charge < -0.3 is 10.2 Å². The van der Waals surface area contributed by atoms with E-state index in [0.717, 1.165) is 5.57 Å². The van der Waals surface area contributed by atoms with Crippen LogP contribution in [0, 0.1) is 0 Å². The first-order chi connectivity index (χ1) is 6.90. The maximum atomic E-state index is 9.90. The summed E-state index contributed by atoms with van der Waals surface area (Å²) in [6.07, 6.45) is 2.74. The molecule has 0 bridgehead atoms. The summed E-state index contributed by atoms with van der Waals surface area (Å²) >= 11 is 0. The number of hydrogen-bond acceptors (Lipinski definition) is 2. The lowest BCUT2D eigenvalue weighted by Crippen LogP contribution is -1.97. The number of allylic oxidation sites excluding steroid dienone is 2. The van der Waals surface area contributed by atoms with Crippen LogP contribution in [-0.2, 0) is 9.59 Å². The number of unbranched alkanes of at least 4 members (excludes halogenated alkanes) is 1. The Morgan fingerprint density at radius 1 is 1.13 bits per heavy atom. The van der Waals surface area contributed by atoms with Gasteiger partial charge in [0.2, 0.25) is 0 Å². The molecule has 4 heteroatoms. The second kappa shape index (κ2) is 10.5. The first-order valence-corrected chi connectivity index (χ1v) is 4.61. The third-order valence-electron chi connectivity index (χ3n) is 1.38. The molecule has 0 aromatic heterocycles. The molecular weight excluding hydrogens is 196 g/mol. The van der Waals surface area contributed by atoms with Crippen molar-refractivity contribution < 1.29 is 19.8 Å². The van der Waals surface area contributed by atoms with Gasteiger partial charge in [-0.25, -0.2) is 0 Å². The maximum Gasteiger partial charge on any atom is 0.303 e. The van der Waals surface area contributed by atoms with Gasteiger partial charge in [-0.1, -0.05) is 24.8 Å². The zero-order chi connectivity index (χ0) is 12.3. The summed E-state index contributed by atoms with van der Waals surface area (Å²) in [6.45, 7) is 8.93. The molecule has 86 valence electrons. The van der Waals surface area contributed by atoms with E-state index in [9.17, 15) is 9.59 Å². The van der Waals surface area contributed by atoms with Crippen LogP contribution in [-0.4, -0.2) is 22.2 Å². The Labute approximate surface area is 89.9 Å². The molecule has 0 spiro atoms. The molecule has 0 aliphatic heterocycles. The number of rotatable bonds is 6. The van der Waals surface area contributed by atoms with Gasteiger partial charge in [0.25, 0.3) is 0 Å². The highest BCUT2D eigenvalue weighted by Crippen LogP contribution is 1.98. The van der Waals surface area contributed by atoms with Gasteiger partial charge in [0.15, 0.2) is 0 Å². The molecule has 4 nitrogen and oxygen atoms in total. The Hall–Kier alpha value is -1.58. The standard InChI is InChI=1S/C6H10O4.C5H8/c7-5(8)3-1-2-4-6(9)10;1-4-5(2)3/h1-4H2,(H,7,8)(H,9,10);4H,1-2H2,3H3. The van der Waals surface area contributed by atoms with Crippen LogP contribution in [0.5, 0.6) is 0 Å². The molecule has 0 aromatic rings. The van der Waals surface area contributed by atoms with Crippen LogP contribution in [0.4, 0.5) is 0 Å². The fourth-order valence-corrected chi connectivity index (χ4v) is 0.552. The molecule has 2 N–H and O–H groups in total. The fourth-order valence-electron chi connectivity index (χ4n) is 0.552. The van der Waals surface area contributed by atoms with Gasteiger partial charge in [0.1, 0.15) is 0 Å². The van der Waals surface area contributed by atoms with E-state index < -0.39 is 11.9 Å². The van der Waals surface area contributed by atoms with Crippen LogP contribution in [0.25, 0.3) is 0 Å². The predicted octanol–water partition coefficient (Wildman–Crippen LogP) is 2.46. The highest BCUT2D eigenvalue weighted by molar-refractivity contribution is 5.67. The Balaban J connectivity index is 0. The molecule has 0 heterocycles. The predicted molar refractivity (Wildman–Crippen MR) is 58.8 cm³/mol. The van der Waals surface area contributed by atoms with Gasteiger partial charge >= 0.3 is 11.9 Å². The van der Waals surface area contributed by atoms with E-state index in [4.69, 9.17) is 10.2 Å². The minimum Gasteiger partial charge on any atom is -0.481 e. The molecule has 15 heavy (non-hydrogen) atoms. The largest absolute Gasteiger partial charge is 0.481 e. The summed E-state index contributed by atoms with van der Waals surface area (Å²) < 4.78 is 0. The van der Waals surface area contributed by atoms with Crippen LogP contribution in [0.1, 0.15) is 32.6 Å². The summed E-state index contributed by atoms with van der Waals surface area (Å²) in [5.41, 5.74) is 1.02. The molecule has 0 aromatic carbocycles. The number of carboxylic acids is 2. The smallest absolute Gasteiger partial charge is 0.303 e. The molecule has 0 aliphatic carbocycles. The van der Waals surface area contributed by atoms with Crippen molar-refractivity contribution in [1.29, 1.82) is 0 Å². The molecule has 0 fully saturated rings. The topological polar surface area (TPSA) is 74.6 Å². The number of carboxylic acid groups (broad SMARTS) is 2. The third-order valence-corrected chi connectivity index (χ3v) is 1.38. The number of aliphatic carboxylic acids is 2. The van der Waals surface area contributed by atoms with Gasteiger partial charge in [-0.15, -0.1) is 0 Å². The monoisotopic (exact) mass is 214 g/mol. The van der Waals surface area contributed by atoms with Crippen molar-refractivity contribution in [3.63, 3.8) is 0 Å². The van der Waals surface area contributed by atoms with Gasteiger partial charge in [0.05, 0.1) is 0 Å². The van der Waals surface area contributed by atoms with E-state index in [1.807, 2.05) is 6.92 Å². The lowest BCUT2D eigenvalue weighted by atomic mass is 10.2. The Bertz CT molecular complexity index is 215. The zero-order valence-corrected chi connectivity index (χ0v) is 9.03. The van der Waals surface area contributed by atoms with Crippen molar-refractivity contribution >= 4 is 11.9 Å². The first kappa shape index (κ1) is 15.9. The summed E-state index contributed by atoms with van der Waals surface area (Å²) in [5, 5.41) is 16.3. The van der Waals surface area contributed by atoms with Crippen LogP contribution < -0.4 is 0 Å². The summed E-state index contributed by atoms with van der Waals surface area (Å²) in [6, 6.07) is 0. The van der Waals surface area contributed by atoms with Gasteiger partial charge in [-0.05, 0) is 19.8 Å². The Kier molecular flexibility index (Phi) is 11.1.